The average Bonchev–Trinajstić information content (AvgIpc) is 3.51. The maximum atomic E-state index is 6.02. The van der Waals surface area contributed by atoms with Crippen molar-refractivity contribution < 1.29 is 8.83 Å². The third-order valence-corrected chi connectivity index (χ3v) is 6.98. The zero-order valence-electron chi connectivity index (χ0n) is 19.6. The monoisotopic (exact) mass is 477 g/mol. The quantitative estimate of drug-likeness (QED) is 0.254. The van der Waals surface area contributed by atoms with Gasteiger partial charge < -0.3 is 13.7 Å². The molecule has 0 aliphatic heterocycles. The zero-order valence-corrected chi connectivity index (χ0v) is 19.6. The van der Waals surface area contributed by atoms with E-state index in [0.29, 0.717) is 11.4 Å². The normalized spacial score (nSPS) is 11.8. The Morgan fingerprint density at radius 2 is 1.24 bits per heavy atom. The second kappa shape index (κ2) is 7.67. The van der Waals surface area contributed by atoms with Crippen LogP contribution in [0.25, 0.3) is 54.9 Å². The Morgan fingerprint density at radius 3 is 2.19 bits per heavy atom. The summed E-state index contributed by atoms with van der Waals surface area (Å²) in [6.07, 6.45) is 3.63. The Morgan fingerprint density at radius 1 is 0.514 bits per heavy atom. The van der Waals surface area contributed by atoms with Crippen molar-refractivity contribution in [2.24, 2.45) is 0 Å². The van der Waals surface area contributed by atoms with E-state index < -0.39 is 0 Å². The molecule has 4 aromatic heterocycles. The van der Waals surface area contributed by atoms with Crippen molar-refractivity contribution in [1.82, 2.24) is 9.97 Å². The van der Waals surface area contributed by atoms with Crippen LogP contribution in [0.1, 0.15) is 0 Å². The van der Waals surface area contributed by atoms with E-state index in [1.807, 2.05) is 42.6 Å². The molecule has 0 aliphatic carbocycles. The van der Waals surface area contributed by atoms with E-state index >= 15 is 0 Å². The van der Waals surface area contributed by atoms with E-state index in [2.05, 4.69) is 76.6 Å². The minimum Gasteiger partial charge on any atom is -0.438 e. The molecule has 0 saturated heterocycles. The Labute approximate surface area is 211 Å². The summed E-state index contributed by atoms with van der Waals surface area (Å²) in [5.41, 5.74) is 5.93. The fraction of sp³-hybridized carbons (Fsp3) is 0. The molecule has 0 fully saturated rings. The molecule has 0 unspecified atom stereocenters. The van der Waals surface area contributed by atoms with E-state index in [9.17, 15) is 0 Å². The summed E-state index contributed by atoms with van der Waals surface area (Å²) in [4.78, 5) is 11.4. The van der Waals surface area contributed by atoms with Crippen LogP contribution < -0.4 is 4.90 Å². The van der Waals surface area contributed by atoms with Crippen molar-refractivity contribution in [3.8, 4) is 0 Å². The molecule has 174 valence electrons. The summed E-state index contributed by atoms with van der Waals surface area (Å²) >= 11 is 0. The molecule has 8 rings (SSSR count). The Hall–Kier alpha value is -5.16. The van der Waals surface area contributed by atoms with Crippen molar-refractivity contribution in [2.75, 3.05) is 4.90 Å². The molecule has 0 aliphatic rings. The van der Waals surface area contributed by atoms with E-state index in [4.69, 9.17) is 13.8 Å². The largest absolute Gasteiger partial charge is 0.438 e. The minimum absolute atomic E-state index is 0.630. The van der Waals surface area contributed by atoms with Crippen molar-refractivity contribution in [3.05, 3.63) is 116 Å². The van der Waals surface area contributed by atoms with Crippen LogP contribution >= 0.6 is 0 Å². The van der Waals surface area contributed by atoms with Gasteiger partial charge in [-0.2, -0.15) is 0 Å². The van der Waals surface area contributed by atoms with E-state index in [-0.39, 0.29) is 0 Å². The van der Waals surface area contributed by atoms with Crippen LogP contribution in [0.5, 0.6) is 0 Å². The maximum Gasteiger partial charge on any atom is 0.227 e. The number of nitrogens with zero attached hydrogens (tertiary/aromatic N) is 3. The zero-order chi connectivity index (χ0) is 24.3. The highest BCUT2D eigenvalue weighted by atomic mass is 16.3. The highest BCUT2D eigenvalue weighted by Gasteiger charge is 2.19. The molecule has 0 amide bonds. The first-order chi connectivity index (χ1) is 18.3. The standard InChI is InChI=1S/C32H19N3O2/c1-2-9-23-20(7-1)8-5-12-28(23)35(21-14-15-30-26(17-21)25-11-6-16-33-31(25)37-30)22-18-27-24-10-3-4-13-29(24)36-32(27)34-19-22/h1-19H. The van der Waals surface area contributed by atoms with Gasteiger partial charge in [-0.1, -0.05) is 54.6 Å². The first-order valence-corrected chi connectivity index (χ1v) is 12.2. The third-order valence-electron chi connectivity index (χ3n) is 6.98. The van der Waals surface area contributed by atoms with Gasteiger partial charge in [0.2, 0.25) is 11.4 Å². The predicted octanol–water partition coefficient (Wildman–Crippen LogP) is 8.90. The molecule has 37 heavy (non-hydrogen) atoms. The molecule has 5 heteroatoms. The summed E-state index contributed by atoms with van der Waals surface area (Å²) in [6, 6.07) is 35.3. The Kier molecular flexibility index (Phi) is 4.16. The number of anilines is 3. The number of pyridine rings is 2. The second-order valence-corrected chi connectivity index (χ2v) is 9.12. The summed E-state index contributed by atoms with van der Waals surface area (Å²) < 4.78 is 12.0. The fourth-order valence-electron chi connectivity index (χ4n) is 5.29. The molecule has 4 aromatic carbocycles. The van der Waals surface area contributed by atoms with Gasteiger partial charge in [-0.05, 0) is 53.9 Å². The van der Waals surface area contributed by atoms with E-state index in [1.54, 1.807) is 6.20 Å². The first kappa shape index (κ1) is 20.1. The van der Waals surface area contributed by atoms with Crippen LogP contribution in [0, 0.1) is 0 Å². The molecule has 0 saturated carbocycles. The van der Waals surface area contributed by atoms with Crippen LogP contribution in [-0.2, 0) is 0 Å². The van der Waals surface area contributed by atoms with Gasteiger partial charge >= 0.3 is 0 Å². The summed E-state index contributed by atoms with van der Waals surface area (Å²) in [5.74, 6) is 0. The van der Waals surface area contributed by atoms with Crippen LogP contribution in [0.4, 0.5) is 17.1 Å². The van der Waals surface area contributed by atoms with Gasteiger partial charge in [0.15, 0.2) is 0 Å². The number of benzene rings is 4. The molecule has 0 atom stereocenters. The number of para-hydroxylation sites is 1. The third kappa shape index (κ3) is 3.04. The van der Waals surface area contributed by atoms with Crippen molar-refractivity contribution in [2.45, 2.75) is 0 Å². The lowest BCUT2D eigenvalue weighted by molar-refractivity contribution is 0.654. The second-order valence-electron chi connectivity index (χ2n) is 9.12. The van der Waals surface area contributed by atoms with Gasteiger partial charge in [-0.3, -0.25) is 0 Å². The molecular formula is C32H19N3O2. The minimum atomic E-state index is 0.630. The SMILES string of the molecule is c1ccc2c(N(c3ccc4oc5ncccc5c4c3)c3cnc4oc5ccccc5c4c3)cccc2c1. The van der Waals surface area contributed by atoms with Crippen LogP contribution in [0.2, 0.25) is 0 Å². The van der Waals surface area contributed by atoms with Gasteiger partial charge in [0.25, 0.3) is 0 Å². The lowest BCUT2D eigenvalue weighted by Crippen LogP contribution is -2.10. The number of fused-ring (bicyclic) bond motifs is 7. The maximum absolute atomic E-state index is 6.02. The van der Waals surface area contributed by atoms with Gasteiger partial charge in [-0.25, -0.2) is 9.97 Å². The number of furan rings is 2. The topological polar surface area (TPSA) is 55.3 Å². The Bertz CT molecular complexity index is 2000. The van der Waals surface area contributed by atoms with Crippen LogP contribution in [-0.4, -0.2) is 9.97 Å². The molecule has 0 bridgehead atoms. The number of hydrogen-bond acceptors (Lipinski definition) is 5. The predicted molar refractivity (Wildman–Crippen MR) is 149 cm³/mol. The van der Waals surface area contributed by atoms with Crippen LogP contribution in [0.15, 0.2) is 124 Å². The molecule has 0 radical (unpaired) electrons. The molecule has 0 N–H and O–H groups in total. The molecule has 8 aromatic rings. The van der Waals surface area contributed by atoms with Gasteiger partial charge in [-0.15, -0.1) is 0 Å². The highest BCUT2D eigenvalue weighted by molar-refractivity contribution is 6.08. The lowest BCUT2D eigenvalue weighted by Gasteiger charge is -2.26. The van der Waals surface area contributed by atoms with Gasteiger partial charge in [0, 0.05) is 33.4 Å². The van der Waals surface area contributed by atoms with Crippen molar-refractivity contribution in [1.29, 1.82) is 0 Å². The van der Waals surface area contributed by atoms with Gasteiger partial charge in [0.05, 0.1) is 23.0 Å². The molecule has 5 nitrogen and oxygen atoms in total. The van der Waals surface area contributed by atoms with E-state index in [0.717, 1.165) is 55.2 Å². The number of rotatable bonds is 3. The molecular weight excluding hydrogens is 458 g/mol. The lowest BCUT2D eigenvalue weighted by atomic mass is 10.1. The fourth-order valence-corrected chi connectivity index (χ4v) is 5.29. The highest BCUT2D eigenvalue weighted by Crippen LogP contribution is 2.42. The summed E-state index contributed by atoms with van der Waals surface area (Å²) in [6.45, 7) is 0. The van der Waals surface area contributed by atoms with E-state index in [1.165, 1.54) is 5.39 Å². The first-order valence-electron chi connectivity index (χ1n) is 12.2. The van der Waals surface area contributed by atoms with Gasteiger partial charge in [0.1, 0.15) is 11.2 Å². The van der Waals surface area contributed by atoms with Crippen molar-refractivity contribution >= 4 is 72.0 Å². The number of hydrogen-bond donors (Lipinski definition) is 0. The Balaban J connectivity index is 1.43. The summed E-state index contributed by atoms with van der Waals surface area (Å²) in [5, 5.41) is 6.37. The van der Waals surface area contributed by atoms with Crippen molar-refractivity contribution in [3.63, 3.8) is 0 Å². The molecule has 4 heterocycles. The smallest absolute Gasteiger partial charge is 0.227 e. The van der Waals surface area contributed by atoms with Crippen LogP contribution in [0.3, 0.4) is 0 Å². The average molecular weight is 478 g/mol. The molecule has 0 spiro atoms. The number of aromatic nitrogens is 2. The summed E-state index contributed by atoms with van der Waals surface area (Å²) in [7, 11) is 0.